The predicted octanol–water partition coefficient (Wildman–Crippen LogP) is 2.14. The number of aromatic nitrogens is 6. The number of piperazine rings is 1. The zero-order valence-corrected chi connectivity index (χ0v) is 18.1. The van der Waals surface area contributed by atoms with Crippen LogP contribution in [0.3, 0.4) is 0 Å². The van der Waals surface area contributed by atoms with Crippen molar-refractivity contribution in [1.29, 1.82) is 0 Å². The number of hydrogen-bond donors (Lipinski definition) is 0. The number of ketones is 1. The SMILES string of the molecule is [2H]C([2H])([2H])[N+]1(C([2H])([2H])[2H])CCN(c2cc(C(=O)Cc3cc4cc(-c5cn(C)nn5)ncc4cn3)ccn2)CC1. The van der Waals surface area contributed by atoms with Crippen LogP contribution in [-0.2, 0) is 13.5 Å². The van der Waals surface area contributed by atoms with Gasteiger partial charge in [-0.05, 0) is 29.7 Å². The lowest BCUT2D eigenvalue weighted by molar-refractivity contribution is -0.890. The minimum absolute atomic E-state index is 0.0697. The molecule has 9 heteroatoms. The molecular formula is C24H27N8O+. The molecule has 5 rings (SSSR count). The fourth-order valence-electron chi connectivity index (χ4n) is 3.85. The van der Waals surface area contributed by atoms with Gasteiger partial charge in [0.25, 0.3) is 0 Å². The fourth-order valence-corrected chi connectivity index (χ4v) is 3.85. The van der Waals surface area contributed by atoms with Crippen LogP contribution in [0, 0.1) is 0 Å². The third-order valence-electron chi connectivity index (χ3n) is 5.76. The number of fused-ring (bicyclic) bond motifs is 1. The largest absolute Gasteiger partial charge is 0.345 e. The van der Waals surface area contributed by atoms with E-state index in [1.54, 1.807) is 42.5 Å². The van der Waals surface area contributed by atoms with Crippen LogP contribution in [-0.4, -0.2) is 80.3 Å². The third-order valence-corrected chi connectivity index (χ3v) is 5.76. The van der Waals surface area contributed by atoms with E-state index < -0.39 is 18.4 Å². The number of likely N-dealkylation sites (N-methyl/N-ethyl adjacent to an activating group) is 1. The first-order valence-electron chi connectivity index (χ1n) is 13.6. The number of hydrogen-bond acceptors (Lipinski definition) is 7. The molecule has 0 saturated carbocycles. The molecule has 1 fully saturated rings. The molecule has 9 nitrogen and oxygen atoms in total. The molecule has 4 aromatic rings. The van der Waals surface area contributed by atoms with Gasteiger partial charge in [-0.25, -0.2) is 4.98 Å². The van der Waals surface area contributed by atoms with Crippen molar-refractivity contribution < 1.29 is 17.5 Å². The van der Waals surface area contributed by atoms with Crippen LogP contribution in [0.4, 0.5) is 5.82 Å². The molecule has 1 aliphatic heterocycles. The molecule has 5 heterocycles. The Balaban J connectivity index is 1.32. The van der Waals surface area contributed by atoms with E-state index in [0.29, 0.717) is 28.5 Å². The van der Waals surface area contributed by atoms with Gasteiger partial charge in [0.1, 0.15) is 11.5 Å². The number of carbonyl (C=O) groups excluding carboxylic acids is 1. The molecule has 0 N–H and O–H groups in total. The molecule has 4 aromatic heterocycles. The minimum atomic E-state index is -2.67. The Kier molecular flexibility index (Phi) is 3.83. The number of anilines is 1. The molecule has 0 spiro atoms. The molecule has 1 aliphatic rings. The van der Waals surface area contributed by atoms with E-state index >= 15 is 0 Å². The Morgan fingerprint density at radius 2 is 1.88 bits per heavy atom. The summed E-state index contributed by atoms with van der Waals surface area (Å²) < 4.78 is 47.8. The standard InChI is InChI=1S/C24H27N8O/c1-30-16-22(28-29-30)21-11-18-10-20(26-14-19(18)15-27-21)13-23(33)17-4-5-25-24(12-17)31-6-8-32(2,3)9-7-31/h4-5,10-12,14-16H,6-9,13H2,1-3H3/q+1/i2D3,3D3. The van der Waals surface area contributed by atoms with Crippen LogP contribution >= 0.6 is 0 Å². The first kappa shape index (κ1) is 15.2. The molecule has 0 atom stereocenters. The molecule has 1 saturated heterocycles. The Morgan fingerprint density at radius 1 is 1.06 bits per heavy atom. The molecule has 33 heavy (non-hydrogen) atoms. The Bertz CT molecular complexity index is 1510. The van der Waals surface area contributed by atoms with Gasteiger partial charge in [-0.15, -0.1) is 5.10 Å². The van der Waals surface area contributed by atoms with Crippen molar-refractivity contribution in [2.45, 2.75) is 6.42 Å². The molecule has 0 unspecified atom stereocenters. The molecule has 0 aromatic carbocycles. The molecule has 0 radical (unpaired) electrons. The second-order valence-corrected chi connectivity index (χ2v) is 8.27. The highest BCUT2D eigenvalue weighted by atomic mass is 16.1. The van der Waals surface area contributed by atoms with Crippen molar-refractivity contribution in [1.82, 2.24) is 29.9 Å². The first-order chi connectivity index (χ1) is 18.4. The van der Waals surface area contributed by atoms with Crippen LogP contribution in [0.25, 0.3) is 22.2 Å². The number of carbonyl (C=O) groups is 1. The number of aryl methyl sites for hydroxylation is 1. The highest BCUT2D eigenvalue weighted by Gasteiger charge is 2.25. The maximum absolute atomic E-state index is 13.2. The van der Waals surface area contributed by atoms with Gasteiger partial charge in [0.05, 0.1) is 66.7 Å². The normalized spacial score (nSPS) is 19.1. The van der Waals surface area contributed by atoms with Crippen LogP contribution < -0.4 is 4.90 Å². The van der Waals surface area contributed by atoms with Crippen molar-refractivity contribution in [3.05, 3.63) is 60.3 Å². The summed E-state index contributed by atoms with van der Waals surface area (Å²) in [7, 11) is 1.78. The van der Waals surface area contributed by atoms with Gasteiger partial charge in [-0.1, -0.05) is 5.21 Å². The zero-order valence-electron chi connectivity index (χ0n) is 24.1. The lowest BCUT2D eigenvalue weighted by Crippen LogP contribution is -2.55. The summed E-state index contributed by atoms with van der Waals surface area (Å²) in [6.07, 6.45) is 6.75. The Hall–Kier alpha value is -3.72. The topological polar surface area (TPSA) is 89.7 Å². The van der Waals surface area contributed by atoms with Crippen LogP contribution in [0.1, 0.15) is 24.3 Å². The average molecular weight is 450 g/mol. The van der Waals surface area contributed by atoms with E-state index in [4.69, 9.17) is 8.22 Å². The van der Waals surface area contributed by atoms with Crippen LogP contribution in [0.5, 0.6) is 0 Å². The minimum Gasteiger partial charge on any atom is -0.345 e. The quantitative estimate of drug-likeness (QED) is 0.341. The number of quaternary nitrogens is 1. The van der Waals surface area contributed by atoms with Gasteiger partial charge in [-0.2, -0.15) is 0 Å². The Labute approximate surface area is 200 Å². The maximum Gasteiger partial charge on any atom is 0.169 e. The van der Waals surface area contributed by atoms with Gasteiger partial charge < -0.3 is 9.38 Å². The van der Waals surface area contributed by atoms with Gasteiger partial charge in [0.15, 0.2) is 5.78 Å². The van der Waals surface area contributed by atoms with Crippen molar-refractivity contribution in [2.75, 3.05) is 45.0 Å². The molecule has 0 bridgehead atoms. The summed E-state index contributed by atoms with van der Waals surface area (Å²) in [5.74, 6) is 0.349. The summed E-state index contributed by atoms with van der Waals surface area (Å²) in [6.45, 7) is -5.12. The third kappa shape index (κ3) is 4.58. The van der Waals surface area contributed by atoms with E-state index in [2.05, 4.69) is 25.3 Å². The zero-order chi connectivity index (χ0) is 28.0. The fraction of sp³-hybridized carbons (Fsp3) is 0.333. The van der Waals surface area contributed by atoms with E-state index in [-0.39, 0.29) is 38.4 Å². The second kappa shape index (κ2) is 8.32. The van der Waals surface area contributed by atoms with Gasteiger partial charge in [0, 0.05) is 42.3 Å². The van der Waals surface area contributed by atoms with Gasteiger partial charge in [-0.3, -0.25) is 19.4 Å². The van der Waals surface area contributed by atoms with E-state index in [1.807, 2.05) is 17.0 Å². The lowest BCUT2D eigenvalue weighted by Gasteiger charge is -2.39. The summed E-state index contributed by atoms with van der Waals surface area (Å²) in [5, 5.41) is 9.74. The number of Topliss-reactive ketones (excluding diaryl/α,β-unsaturated/α-hetero) is 1. The smallest absolute Gasteiger partial charge is 0.169 e. The number of rotatable bonds is 5. The molecule has 0 amide bonds. The highest BCUT2D eigenvalue weighted by molar-refractivity contribution is 5.98. The van der Waals surface area contributed by atoms with E-state index in [0.717, 1.165) is 10.8 Å². The summed E-state index contributed by atoms with van der Waals surface area (Å²) in [4.78, 5) is 28.2. The Morgan fingerprint density at radius 3 is 2.64 bits per heavy atom. The maximum atomic E-state index is 13.2. The molecule has 168 valence electrons. The van der Waals surface area contributed by atoms with Gasteiger partial charge in [0.2, 0.25) is 0 Å². The highest BCUT2D eigenvalue weighted by Crippen LogP contribution is 2.22. The summed E-state index contributed by atoms with van der Waals surface area (Å²) in [6, 6.07) is 7.01. The van der Waals surface area contributed by atoms with E-state index in [9.17, 15) is 4.79 Å². The molecule has 0 aliphatic carbocycles. The summed E-state index contributed by atoms with van der Waals surface area (Å²) in [5.41, 5.74) is 2.34. The second-order valence-electron chi connectivity index (χ2n) is 8.27. The lowest BCUT2D eigenvalue weighted by atomic mass is 10.1. The van der Waals surface area contributed by atoms with E-state index in [1.165, 1.54) is 6.20 Å². The van der Waals surface area contributed by atoms with Crippen molar-refractivity contribution >= 4 is 22.4 Å². The monoisotopic (exact) mass is 449 g/mol. The van der Waals surface area contributed by atoms with Crippen molar-refractivity contribution in [2.24, 2.45) is 7.05 Å². The van der Waals surface area contributed by atoms with Crippen LogP contribution in [0.15, 0.2) is 49.1 Å². The number of nitrogens with zero attached hydrogens (tertiary/aromatic N) is 8. The number of pyridine rings is 3. The van der Waals surface area contributed by atoms with Crippen molar-refractivity contribution in [3.8, 4) is 11.4 Å². The first-order valence-corrected chi connectivity index (χ1v) is 10.6. The molecular weight excluding hydrogens is 416 g/mol. The van der Waals surface area contributed by atoms with Gasteiger partial charge >= 0.3 is 0 Å². The average Bonchev–Trinajstić information content (AvgIpc) is 3.33. The van der Waals surface area contributed by atoms with Crippen LogP contribution in [0.2, 0.25) is 0 Å². The summed E-state index contributed by atoms with van der Waals surface area (Å²) >= 11 is 0. The van der Waals surface area contributed by atoms with Crippen molar-refractivity contribution in [3.63, 3.8) is 0 Å². The predicted molar refractivity (Wildman–Crippen MR) is 126 cm³/mol.